The van der Waals surface area contributed by atoms with E-state index in [4.69, 9.17) is 4.74 Å². The molecule has 5 heteroatoms. The van der Waals surface area contributed by atoms with Gasteiger partial charge in [-0.25, -0.2) is 0 Å². The predicted octanol–water partition coefficient (Wildman–Crippen LogP) is 4.50. The summed E-state index contributed by atoms with van der Waals surface area (Å²) in [6.45, 7) is 1.72. The molecule has 0 saturated carbocycles. The van der Waals surface area contributed by atoms with E-state index in [9.17, 15) is 9.90 Å². The van der Waals surface area contributed by atoms with Gasteiger partial charge in [0.2, 0.25) is 5.78 Å². The first-order valence-electron chi connectivity index (χ1n) is 8.75. The lowest BCUT2D eigenvalue weighted by atomic mass is 10.0. The van der Waals surface area contributed by atoms with Crippen molar-refractivity contribution in [3.63, 3.8) is 0 Å². The minimum atomic E-state index is -0.220. The number of nitrogens with zero attached hydrogens (tertiary/aromatic N) is 2. The van der Waals surface area contributed by atoms with Crippen LogP contribution in [0.25, 0.3) is 0 Å². The van der Waals surface area contributed by atoms with Crippen molar-refractivity contribution in [2.75, 3.05) is 7.11 Å². The molecule has 3 rings (SSSR count). The molecule has 140 valence electrons. The summed E-state index contributed by atoms with van der Waals surface area (Å²) >= 11 is 0. The zero-order valence-corrected chi connectivity index (χ0v) is 15.7. The zero-order valence-electron chi connectivity index (χ0n) is 15.7. The Balaban J connectivity index is 2.02. The summed E-state index contributed by atoms with van der Waals surface area (Å²) in [4.78, 5) is 13.0. The highest BCUT2D eigenvalue weighted by molar-refractivity contribution is 6.51. The van der Waals surface area contributed by atoms with E-state index in [-0.39, 0.29) is 17.2 Å². The number of aromatic hydroxyl groups is 1. The Morgan fingerprint density at radius 1 is 0.857 bits per heavy atom. The molecule has 0 heterocycles. The van der Waals surface area contributed by atoms with Crippen molar-refractivity contribution >= 4 is 17.2 Å². The van der Waals surface area contributed by atoms with Crippen molar-refractivity contribution in [3.05, 3.63) is 95.6 Å². The van der Waals surface area contributed by atoms with Gasteiger partial charge in [0, 0.05) is 22.8 Å². The number of hydrogen-bond donors (Lipinski definition) is 1. The van der Waals surface area contributed by atoms with Crippen molar-refractivity contribution in [3.8, 4) is 11.5 Å². The maximum absolute atomic E-state index is 13.0. The number of ether oxygens (including phenoxy) is 1. The SMILES string of the molecule is COc1ccc(C(C)=NN=C(C(=O)c2ccccc2)c2ccccc2)c(O)c1. The summed E-state index contributed by atoms with van der Waals surface area (Å²) in [6.07, 6.45) is 0. The van der Waals surface area contributed by atoms with Crippen LogP contribution in [0, 0.1) is 0 Å². The van der Waals surface area contributed by atoms with Crippen molar-refractivity contribution in [1.29, 1.82) is 0 Å². The molecule has 0 aromatic heterocycles. The Kier molecular flexibility index (Phi) is 5.97. The topological polar surface area (TPSA) is 71.2 Å². The number of hydrogen-bond acceptors (Lipinski definition) is 5. The standard InChI is InChI=1S/C23H20N2O3/c1-16(20-14-13-19(28-2)15-21(20)26)24-25-22(17-9-5-3-6-10-17)23(27)18-11-7-4-8-12-18/h3-15,26H,1-2H3. The van der Waals surface area contributed by atoms with Gasteiger partial charge in [-0.2, -0.15) is 5.10 Å². The molecule has 0 radical (unpaired) electrons. The van der Waals surface area contributed by atoms with E-state index in [1.807, 2.05) is 36.4 Å². The molecule has 0 saturated heterocycles. The highest BCUT2D eigenvalue weighted by Gasteiger charge is 2.16. The van der Waals surface area contributed by atoms with E-state index in [0.29, 0.717) is 28.2 Å². The lowest BCUT2D eigenvalue weighted by Crippen LogP contribution is -2.15. The number of rotatable bonds is 6. The minimum Gasteiger partial charge on any atom is -0.507 e. The minimum absolute atomic E-state index is 0.0337. The highest BCUT2D eigenvalue weighted by atomic mass is 16.5. The quantitative estimate of drug-likeness (QED) is 0.393. The first-order chi connectivity index (χ1) is 13.6. The normalized spacial score (nSPS) is 11.9. The molecule has 0 spiro atoms. The third-order valence-corrected chi connectivity index (χ3v) is 4.19. The molecule has 3 aromatic carbocycles. The van der Waals surface area contributed by atoms with Crippen LogP contribution in [0.5, 0.6) is 11.5 Å². The Bertz CT molecular complexity index is 1030. The van der Waals surface area contributed by atoms with Gasteiger partial charge in [0.25, 0.3) is 0 Å². The maximum atomic E-state index is 13.0. The van der Waals surface area contributed by atoms with Crippen molar-refractivity contribution in [2.24, 2.45) is 10.2 Å². The van der Waals surface area contributed by atoms with E-state index in [2.05, 4.69) is 10.2 Å². The number of phenols is 1. The van der Waals surface area contributed by atoms with Gasteiger partial charge in [-0.3, -0.25) is 4.79 Å². The van der Waals surface area contributed by atoms with Gasteiger partial charge in [0.15, 0.2) is 0 Å². The fourth-order valence-corrected chi connectivity index (χ4v) is 2.68. The van der Waals surface area contributed by atoms with Crippen LogP contribution in [0.3, 0.4) is 0 Å². The molecule has 0 aliphatic heterocycles. The summed E-state index contributed by atoms with van der Waals surface area (Å²) < 4.78 is 5.09. The summed E-state index contributed by atoms with van der Waals surface area (Å²) in [6, 6.07) is 23.1. The molecule has 0 amide bonds. The second-order valence-corrected chi connectivity index (χ2v) is 6.08. The third kappa shape index (κ3) is 4.32. The molecular formula is C23H20N2O3. The smallest absolute Gasteiger partial charge is 0.213 e. The number of carbonyl (C=O) groups excluding carboxylic acids is 1. The second kappa shape index (κ2) is 8.77. The van der Waals surface area contributed by atoms with Gasteiger partial charge in [-0.15, -0.1) is 5.10 Å². The van der Waals surface area contributed by atoms with Crippen LogP contribution in [-0.2, 0) is 0 Å². The van der Waals surface area contributed by atoms with E-state index in [1.54, 1.807) is 43.3 Å². The van der Waals surface area contributed by atoms with Gasteiger partial charge in [-0.05, 0) is 19.1 Å². The molecule has 1 N–H and O–H groups in total. The van der Waals surface area contributed by atoms with Crippen LogP contribution in [0.15, 0.2) is 89.1 Å². The van der Waals surface area contributed by atoms with Crippen LogP contribution >= 0.6 is 0 Å². The first kappa shape index (κ1) is 19.0. The van der Waals surface area contributed by atoms with Crippen molar-refractivity contribution < 1.29 is 14.6 Å². The average molecular weight is 372 g/mol. The Morgan fingerprint density at radius 2 is 1.46 bits per heavy atom. The van der Waals surface area contributed by atoms with Crippen molar-refractivity contribution in [1.82, 2.24) is 0 Å². The number of carbonyl (C=O) groups is 1. The number of methoxy groups -OCH3 is 1. The molecule has 3 aromatic rings. The Labute approximate surface area is 163 Å². The fraction of sp³-hybridized carbons (Fsp3) is 0.0870. The molecule has 5 nitrogen and oxygen atoms in total. The van der Waals surface area contributed by atoms with Crippen LogP contribution < -0.4 is 4.74 Å². The molecule has 0 bridgehead atoms. The Morgan fingerprint density at radius 3 is 2.04 bits per heavy atom. The number of ketones is 1. The molecule has 28 heavy (non-hydrogen) atoms. The first-order valence-corrected chi connectivity index (χ1v) is 8.75. The molecule has 0 atom stereocenters. The van der Waals surface area contributed by atoms with Gasteiger partial charge in [-0.1, -0.05) is 60.7 Å². The van der Waals surface area contributed by atoms with Crippen molar-refractivity contribution in [2.45, 2.75) is 6.92 Å². The maximum Gasteiger partial charge on any atom is 0.213 e. The van der Waals surface area contributed by atoms with E-state index < -0.39 is 0 Å². The monoisotopic (exact) mass is 372 g/mol. The molecule has 0 aliphatic rings. The van der Waals surface area contributed by atoms with Crippen LogP contribution in [0.2, 0.25) is 0 Å². The lowest BCUT2D eigenvalue weighted by molar-refractivity contribution is 0.106. The van der Waals surface area contributed by atoms with Gasteiger partial charge in [0.1, 0.15) is 17.2 Å². The summed E-state index contributed by atoms with van der Waals surface area (Å²) in [7, 11) is 1.53. The van der Waals surface area contributed by atoms with E-state index >= 15 is 0 Å². The van der Waals surface area contributed by atoms with E-state index in [0.717, 1.165) is 0 Å². The van der Waals surface area contributed by atoms with Crippen LogP contribution in [0.1, 0.15) is 28.4 Å². The fourth-order valence-electron chi connectivity index (χ4n) is 2.68. The second-order valence-electron chi connectivity index (χ2n) is 6.08. The summed E-state index contributed by atoms with van der Waals surface area (Å²) in [5, 5.41) is 18.6. The largest absolute Gasteiger partial charge is 0.507 e. The summed E-state index contributed by atoms with van der Waals surface area (Å²) in [5.74, 6) is 0.357. The average Bonchev–Trinajstić information content (AvgIpc) is 2.74. The molecule has 0 aliphatic carbocycles. The van der Waals surface area contributed by atoms with Gasteiger partial charge in [0.05, 0.1) is 12.8 Å². The number of phenolic OH excluding ortho intramolecular Hbond substituents is 1. The zero-order chi connectivity index (χ0) is 19.9. The molecular weight excluding hydrogens is 352 g/mol. The Hall–Kier alpha value is -3.73. The predicted molar refractivity (Wildman–Crippen MR) is 111 cm³/mol. The van der Waals surface area contributed by atoms with Crippen LogP contribution in [-0.4, -0.2) is 29.4 Å². The third-order valence-electron chi connectivity index (χ3n) is 4.19. The van der Waals surface area contributed by atoms with Gasteiger partial charge >= 0.3 is 0 Å². The summed E-state index contributed by atoms with van der Waals surface area (Å²) in [5.41, 5.74) is 2.44. The van der Waals surface area contributed by atoms with Crippen LogP contribution in [0.4, 0.5) is 0 Å². The van der Waals surface area contributed by atoms with E-state index in [1.165, 1.54) is 13.2 Å². The lowest BCUT2D eigenvalue weighted by Gasteiger charge is -2.07. The molecule has 0 unspecified atom stereocenters. The number of Topliss-reactive ketones (excluding diaryl/α,β-unsaturated/α-hetero) is 1. The highest BCUT2D eigenvalue weighted by Crippen LogP contribution is 2.24. The molecule has 0 fully saturated rings. The number of benzene rings is 3. The van der Waals surface area contributed by atoms with Gasteiger partial charge < -0.3 is 9.84 Å².